The van der Waals surface area contributed by atoms with Gasteiger partial charge in [0.15, 0.2) is 0 Å². The molecule has 0 radical (unpaired) electrons. The molecule has 0 aliphatic carbocycles. The van der Waals surface area contributed by atoms with E-state index in [4.69, 9.17) is 11.0 Å². The van der Waals surface area contributed by atoms with Crippen molar-refractivity contribution in [1.29, 1.82) is 5.26 Å². The highest BCUT2D eigenvalue weighted by molar-refractivity contribution is 5.32. The Kier molecular flexibility index (Phi) is 3.67. The number of benzene rings is 1. The van der Waals surface area contributed by atoms with Gasteiger partial charge in [-0.05, 0) is 23.6 Å². The third-order valence-electron chi connectivity index (χ3n) is 2.68. The molecule has 1 rings (SSSR count). The molecule has 2 heteroatoms. The molecule has 2 atom stereocenters. The minimum Gasteiger partial charge on any atom is -0.324 e. The van der Waals surface area contributed by atoms with Crippen molar-refractivity contribution in [3.05, 3.63) is 35.4 Å². The van der Waals surface area contributed by atoms with Crippen LogP contribution in [0.4, 0.5) is 0 Å². The van der Waals surface area contributed by atoms with E-state index in [0.29, 0.717) is 11.5 Å². The molecule has 0 spiro atoms. The Morgan fingerprint density at radius 3 is 2.36 bits per heavy atom. The fraction of sp³-hybridized carbons (Fsp3) is 0.417. The van der Waals surface area contributed by atoms with Crippen molar-refractivity contribution in [2.24, 2.45) is 11.7 Å². The highest BCUT2D eigenvalue weighted by Crippen LogP contribution is 2.21. The lowest BCUT2D eigenvalue weighted by Crippen LogP contribution is -2.18. The number of hydrogen-bond acceptors (Lipinski definition) is 2. The quantitative estimate of drug-likeness (QED) is 0.792. The number of hydrogen-bond donors (Lipinski definition) is 1. The zero-order valence-electron chi connectivity index (χ0n) is 8.70. The number of nitriles is 1. The zero-order valence-corrected chi connectivity index (χ0v) is 8.70. The summed E-state index contributed by atoms with van der Waals surface area (Å²) in [5, 5.41) is 8.64. The van der Waals surface area contributed by atoms with Crippen molar-refractivity contribution in [2.45, 2.75) is 26.3 Å². The van der Waals surface area contributed by atoms with Crippen LogP contribution in [0.1, 0.15) is 37.4 Å². The van der Waals surface area contributed by atoms with Crippen LogP contribution in [0, 0.1) is 17.2 Å². The second-order valence-corrected chi connectivity index (χ2v) is 3.65. The van der Waals surface area contributed by atoms with Gasteiger partial charge in [0.1, 0.15) is 0 Å². The van der Waals surface area contributed by atoms with Crippen LogP contribution in [0.25, 0.3) is 0 Å². The van der Waals surface area contributed by atoms with Crippen LogP contribution < -0.4 is 5.73 Å². The lowest BCUT2D eigenvalue weighted by Gasteiger charge is -2.18. The van der Waals surface area contributed by atoms with E-state index in [-0.39, 0.29) is 6.04 Å². The van der Waals surface area contributed by atoms with Crippen molar-refractivity contribution in [3.63, 3.8) is 0 Å². The minimum absolute atomic E-state index is 0.0766. The monoisotopic (exact) mass is 188 g/mol. The Bertz CT molecular complexity index is 321. The molecular formula is C12H16N2. The lowest BCUT2D eigenvalue weighted by molar-refractivity contribution is 0.457. The fourth-order valence-electron chi connectivity index (χ4n) is 1.36. The van der Waals surface area contributed by atoms with Crippen molar-refractivity contribution >= 4 is 0 Å². The first-order chi connectivity index (χ1) is 6.69. The maximum atomic E-state index is 8.64. The normalized spacial score (nSPS) is 14.4. The summed E-state index contributed by atoms with van der Waals surface area (Å²) >= 11 is 0. The minimum atomic E-state index is 0.0766. The van der Waals surface area contributed by atoms with Crippen molar-refractivity contribution in [1.82, 2.24) is 0 Å². The van der Waals surface area contributed by atoms with Crippen LogP contribution in [-0.4, -0.2) is 0 Å². The highest BCUT2D eigenvalue weighted by Gasteiger charge is 2.12. The first kappa shape index (κ1) is 10.7. The molecular weight excluding hydrogens is 172 g/mol. The van der Waals surface area contributed by atoms with E-state index in [1.807, 2.05) is 24.3 Å². The topological polar surface area (TPSA) is 49.8 Å². The second kappa shape index (κ2) is 4.78. The van der Waals surface area contributed by atoms with E-state index in [1.165, 1.54) is 0 Å². The molecule has 0 aliphatic rings. The van der Waals surface area contributed by atoms with Crippen LogP contribution in [0.15, 0.2) is 24.3 Å². The molecule has 0 aliphatic heterocycles. The van der Waals surface area contributed by atoms with Crippen LogP contribution in [0.3, 0.4) is 0 Å². The van der Waals surface area contributed by atoms with Gasteiger partial charge in [-0.3, -0.25) is 0 Å². The van der Waals surface area contributed by atoms with E-state index in [2.05, 4.69) is 19.9 Å². The molecule has 1 unspecified atom stereocenters. The summed E-state index contributed by atoms with van der Waals surface area (Å²) in [5.74, 6) is 0.475. The van der Waals surface area contributed by atoms with Crippen LogP contribution in [0.5, 0.6) is 0 Å². The van der Waals surface area contributed by atoms with E-state index in [1.54, 1.807) is 0 Å². The maximum absolute atomic E-state index is 8.64. The molecule has 2 nitrogen and oxygen atoms in total. The van der Waals surface area contributed by atoms with E-state index >= 15 is 0 Å². The summed E-state index contributed by atoms with van der Waals surface area (Å²) in [6, 6.07) is 9.69. The molecule has 0 saturated carbocycles. The fourth-order valence-corrected chi connectivity index (χ4v) is 1.36. The average molecular weight is 188 g/mol. The second-order valence-electron chi connectivity index (χ2n) is 3.65. The average Bonchev–Trinajstić information content (AvgIpc) is 2.27. The summed E-state index contributed by atoms with van der Waals surface area (Å²) in [6.07, 6.45) is 1.07. The molecule has 0 amide bonds. The standard InChI is InChI=1S/C12H16N2/c1-3-9(2)12(14)11-6-4-10(8-13)5-7-11/h4-7,9,12H,3,14H2,1-2H3/t9?,12-/m1/s1. The van der Waals surface area contributed by atoms with Crippen molar-refractivity contribution in [3.8, 4) is 6.07 Å². The molecule has 0 heterocycles. The molecule has 14 heavy (non-hydrogen) atoms. The summed E-state index contributed by atoms with van der Waals surface area (Å²) < 4.78 is 0. The molecule has 1 aromatic carbocycles. The van der Waals surface area contributed by atoms with Gasteiger partial charge in [-0.25, -0.2) is 0 Å². The van der Waals surface area contributed by atoms with Crippen LogP contribution in [-0.2, 0) is 0 Å². The van der Waals surface area contributed by atoms with Gasteiger partial charge in [-0.15, -0.1) is 0 Å². The third-order valence-corrected chi connectivity index (χ3v) is 2.68. The lowest BCUT2D eigenvalue weighted by atomic mass is 9.93. The van der Waals surface area contributed by atoms with Gasteiger partial charge >= 0.3 is 0 Å². The van der Waals surface area contributed by atoms with Crippen molar-refractivity contribution < 1.29 is 0 Å². The zero-order chi connectivity index (χ0) is 10.6. The Labute approximate surface area is 85.4 Å². The number of nitrogens with two attached hydrogens (primary N) is 1. The van der Waals surface area contributed by atoms with Gasteiger partial charge in [0.05, 0.1) is 11.6 Å². The van der Waals surface area contributed by atoms with Crippen LogP contribution in [0.2, 0.25) is 0 Å². The molecule has 0 bridgehead atoms. The van der Waals surface area contributed by atoms with Gasteiger partial charge in [0, 0.05) is 6.04 Å². The molecule has 0 fully saturated rings. The molecule has 0 aromatic heterocycles. The molecule has 74 valence electrons. The molecule has 1 aromatic rings. The van der Waals surface area contributed by atoms with E-state index in [9.17, 15) is 0 Å². The Balaban J connectivity index is 2.82. The third kappa shape index (κ3) is 2.34. The highest BCUT2D eigenvalue weighted by atomic mass is 14.6. The van der Waals surface area contributed by atoms with Crippen LogP contribution >= 0.6 is 0 Å². The number of nitrogens with zero attached hydrogens (tertiary/aromatic N) is 1. The Morgan fingerprint density at radius 1 is 1.36 bits per heavy atom. The molecule has 0 saturated heterocycles. The predicted molar refractivity (Wildman–Crippen MR) is 57.5 cm³/mol. The van der Waals surface area contributed by atoms with E-state index in [0.717, 1.165) is 12.0 Å². The van der Waals surface area contributed by atoms with Gasteiger partial charge in [0.25, 0.3) is 0 Å². The Morgan fingerprint density at radius 2 is 1.93 bits per heavy atom. The summed E-state index contributed by atoms with van der Waals surface area (Å²) in [4.78, 5) is 0. The SMILES string of the molecule is CCC(C)[C@@H](N)c1ccc(C#N)cc1. The van der Waals surface area contributed by atoms with Gasteiger partial charge in [-0.1, -0.05) is 32.4 Å². The summed E-state index contributed by atoms with van der Waals surface area (Å²) in [6.45, 7) is 4.27. The summed E-state index contributed by atoms with van der Waals surface area (Å²) in [5.41, 5.74) is 7.85. The van der Waals surface area contributed by atoms with Crippen molar-refractivity contribution in [2.75, 3.05) is 0 Å². The summed E-state index contributed by atoms with van der Waals surface area (Å²) in [7, 11) is 0. The maximum Gasteiger partial charge on any atom is 0.0991 e. The predicted octanol–water partition coefficient (Wildman–Crippen LogP) is 2.60. The van der Waals surface area contributed by atoms with E-state index < -0.39 is 0 Å². The molecule has 2 N–H and O–H groups in total. The Hall–Kier alpha value is -1.33. The largest absolute Gasteiger partial charge is 0.324 e. The van der Waals surface area contributed by atoms with Gasteiger partial charge in [-0.2, -0.15) is 5.26 Å². The van der Waals surface area contributed by atoms with Gasteiger partial charge < -0.3 is 5.73 Å². The first-order valence-electron chi connectivity index (χ1n) is 4.94. The smallest absolute Gasteiger partial charge is 0.0991 e. The van der Waals surface area contributed by atoms with Gasteiger partial charge in [0.2, 0.25) is 0 Å². The first-order valence-corrected chi connectivity index (χ1v) is 4.94. The number of rotatable bonds is 3.